The zero-order valence-corrected chi connectivity index (χ0v) is 15.5. The molecule has 1 aromatic carbocycles. The summed E-state index contributed by atoms with van der Waals surface area (Å²) in [7, 11) is 1.43. The molecule has 0 unspecified atom stereocenters. The molecule has 5 heteroatoms. The summed E-state index contributed by atoms with van der Waals surface area (Å²) in [6.45, 7) is 1.16. The van der Waals surface area contributed by atoms with Gasteiger partial charge in [0.25, 0.3) is 0 Å². The fraction of sp³-hybridized carbons (Fsp3) is 0.667. The Morgan fingerprint density at radius 3 is 2.81 bits per heavy atom. The number of hydrogen-bond acceptors (Lipinski definition) is 5. The highest BCUT2D eigenvalue weighted by Crippen LogP contribution is 2.44. The molecule has 1 saturated carbocycles. The van der Waals surface area contributed by atoms with Crippen molar-refractivity contribution in [2.24, 2.45) is 11.8 Å². The van der Waals surface area contributed by atoms with Gasteiger partial charge in [0.1, 0.15) is 0 Å². The Kier molecular flexibility index (Phi) is 7.06. The smallest absolute Gasteiger partial charge is 0.305 e. The number of carbonyl (C=O) groups is 1. The maximum Gasteiger partial charge on any atom is 0.305 e. The molecule has 1 aromatic rings. The van der Waals surface area contributed by atoms with E-state index in [4.69, 9.17) is 9.47 Å². The molecule has 1 aliphatic heterocycles. The fourth-order valence-corrected chi connectivity index (χ4v) is 4.29. The van der Waals surface area contributed by atoms with Gasteiger partial charge in [0.2, 0.25) is 0 Å². The van der Waals surface area contributed by atoms with Crippen LogP contribution < -0.4 is 0 Å². The average Bonchev–Trinajstić information content (AvgIpc) is 3.17. The second-order valence-electron chi connectivity index (χ2n) is 7.49. The predicted octanol–water partition coefficient (Wildman–Crippen LogP) is 3.09. The molecule has 144 valence electrons. The van der Waals surface area contributed by atoms with Crippen LogP contribution in [-0.2, 0) is 25.6 Å². The minimum atomic E-state index is -0.332. The van der Waals surface area contributed by atoms with Crippen LogP contribution in [0.4, 0.5) is 0 Å². The Hall–Kier alpha value is -1.43. The van der Waals surface area contributed by atoms with Crippen molar-refractivity contribution in [3.05, 3.63) is 35.9 Å². The number of unbranched alkanes of at least 4 members (excludes halogenated alkanes) is 1. The molecule has 1 heterocycles. The van der Waals surface area contributed by atoms with Crippen LogP contribution in [0.3, 0.4) is 0 Å². The summed E-state index contributed by atoms with van der Waals surface area (Å²) in [5.74, 6) is 0.392. The van der Waals surface area contributed by atoms with E-state index in [-0.39, 0.29) is 30.2 Å². The van der Waals surface area contributed by atoms with E-state index in [2.05, 4.69) is 16.9 Å². The summed E-state index contributed by atoms with van der Waals surface area (Å²) >= 11 is 0. The van der Waals surface area contributed by atoms with Gasteiger partial charge in [0.05, 0.1) is 38.6 Å². The molecular formula is C21H30O5. The van der Waals surface area contributed by atoms with E-state index in [1.807, 2.05) is 18.2 Å². The van der Waals surface area contributed by atoms with E-state index in [9.17, 15) is 9.90 Å². The number of hydrogen-bond donors (Lipinski definition) is 1. The number of benzene rings is 1. The number of carbonyl (C=O) groups excluding carboxylic acids is 1. The zero-order valence-electron chi connectivity index (χ0n) is 15.5. The minimum absolute atomic E-state index is 0.145. The lowest BCUT2D eigenvalue weighted by Crippen LogP contribution is -2.25. The maximum absolute atomic E-state index is 11.2. The van der Waals surface area contributed by atoms with E-state index in [1.54, 1.807) is 0 Å². The molecule has 1 saturated heterocycles. The third-order valence-electron chi connectivity index (χ3n) is 5.70. The number of rotatable bonds is 9. The van der Waals surface area contributed by atoms with Gasteiger partial charge >= 0.3 is 5.97 Å². The van der Waals surface area contributed by atoms with Crippen molar-refractivity contribution in [1.29, 1.82) is 0 Å². The molecule has 0 radical (unpaired) electrons. The normalized spacial score (nSPS) is 30.3. The van der Waals surface area contributed by atoms with Gasteiger partial charge in [-0.15, -0.1) is 0 Å². The number of aliphatic hydroxyl groups is 1. The van der Waals surface area contributed by atoms with Crippen LogP contribution >= 0.6 is 0 Å². The van der Waals surface area contributed by atoms with Crippen LogP contribution in [0.15, 0.2) is 30.3 Å². The van der Waals surface area contributed by atoms with Crippen molar-refractivity contribution >= 4 is 5.97 Å². The third kappa shape index (κ3) is 5.06. The van der Waals surface area contributed by atoms with E-state index in [0.717, 1.165) is 31.2 Å². The van der Waals surface area contributed by atoms with Crippen molar-refractivity contribution in [2.45, 2.75) is 63.4 Å². The largest absolute Gasteiger partial charge is 0.469 e. The van der Waals surface area contributed by atoms with Crippen LogP contribution in [0.25, 0.3) is 0 Å². The fourth-order valence-electron chi connectivity index (χ4n) is 4.29. The van der Waals surface area contributed by atoms with Gasteiger partial charge in [-0.1, -0.05) is 36.8 Å². The third-order valence-corrected chi connectivity index (χ3v) is 5.70. The van der Waals surface area contributed by atoms with Gasteiger partial charge in [-0.25, -0.2) is 0 Å². The van der Waals surface area contributed by atoms with Gasteiger partial charge in [0.15, 0.2) is 0 Å². The van der Waals surface area contributed by atoms with E-state index in [0.29, 0.717) is 32.0 Å². The summed E-state index contributed by atoms with van der Waals surface area (Å²) in [4.78, 5) is 11.2. The lowest BCUT2D eigenvalue weighted by molar-refractivity contribution is -0.140. The number of aliphatic hydroxyl groups excluding tert-OH is 1. The van der Waals surface area contributed by atoms with Gasteiger partial charge < -0.3 is 19.3 Å². The first-order valence-electron chi connectivity index (χ1n) is 9.69. The Morgan fingerprint density at radius 2 is 2.04 bits per heavy atom. The molecule has 3 rings (SSSR count). The number of fused-ring (bicyclic) bond motifs is 1. The molecule has 1 aliphatic carbocycles. The molecule has 2 fully saturated rings. The second kappa shape index (κ2) is 9.49. The first-order valence-corrected chi connectivity index (χ1v) is 9.69. The standard InChI is InChI=1S/C21H30O5/c1-24-21(23)10-6-5-9-16-11-17-18(19(22)12-20(17)26-16)14-25-13-15-7-3-2-4-8-15/h2-4,7-8,16-20,22H,5-6,9-14H2,1H3/t16-,17+,18-,19+,20-/m0/s1. The minimum Gasteiger partial charge on any atom is -0.469 e. The lowest BCUT2D eigenvalue weighted by Gasteiger charge is -2.21. The number of ether oxygens (including phenoxy) is 3. The first kappa shape index (κ1) is 19.3. The van der Waals surface area contributed by atoms with Crippen molar-refractivity contribution < 1.29 is 24.1 Å². The van der Waals surface area contributed by atoms with Crippen LogP contribution in [0.2, 0.25) is 0 Å². The second-order valence-corrected chi connectivity index (χ2v) is 7.49. The Labute approximate surface area is 155 Å². The monoisotopic (exact) mass is 362 g/mol. The van der Waals surface area contributed by atoms with E-state index in [1.165, 1.54) is 7.11 Å². The Morgan fingerprint density at radius 1 is 1.23 bits per heavy atom. The van der Waals surface area contributed by atoms with Crippen LogP contribution in [0.5, 0.6) is 0 Å². The number of esters is 1. The summed E-state index contributed by atoms with van der Waals surface area (Å²) in [6, 6.07) is 10.1. The topological polar surface area (TPSA) is 65.0 Å². The predicted molar refractivity (Wildman–Crippen MR) is 97.5 cm³/mol. The van der Waals surface area contributed by atoms with Crippen LogP contribution in [-0.4, -0.2) is 43.1 Å². The first-order chi connectivity index (χ1) is 12.7. The van der Waals surface area contributed by atoms with E-state index >= 15 is 0 Å². The van der Waals surface area contributed by atoms with Gasteiger partial charge in [-0.05, 0) is 30.7 Å². The molecular weight excluding hydrogens is 332 g/mol. The molecule has 0 aromatic heterocycles. The van der Waals surface area contributed by atoms with Crippen LogP contribution in [0.1, 0.15) is 44.1 Å². The van der Waals surface area contributed by atoms with Crippen molar-refractivity contribution in [3.8, 4) is 0 Å². The quantitative estimate of drug-likeness (QED) is 0.540. The van der Waals surface area contributed by atoms with Gasteiger partial charge in [0, 0.05) is 18.8 Å². The highest BCUT2D eigenvalue weighted by molar-refractivity contribution is 5.68. The molecule has 2 aliphatic rings. The summed E-state index contributed by atoms with van der Waals surface area (Å²) < 4.78 is 16.7. The SMILES string of the molecule is COC(=O)CCCC[C@H]1C[C@@H]2[C@H](COCc3ccccc3)[C@H](O)C[C@@H]2O1. The van der Waals surface area contributed by atoms with Crippen molar-refractivity contribution in [1.82, 2.24) is 0 Å². The van der Waals surface area contributed by atoms with E-state index < -0.39 is 0 Å². The number of methoxy groups -OCH3 is 1. The highest BCUT2D eigenvalue weighted by Gasteiger charge is 2.48. The average molecular weight is 362 g/mol. The highest BCUT2D eigenvalue weighted by atomic mass is 16.5. The van der Waals surface area contributed by atoms with Crippen LogP contribution in [0, 0.1) is 11.8 Å². The molecule has 1 N–H and O–H groups in total. The molecule has 26 heavy (non-hydrogen) atoms. The molecule has 0 amide bonds. The van der Waals surface area contributed by atoms with Gasteiger partial charge in [-0.2, -0.15) is 0 Å². The zero-order chi connectivity index (χ0) is 18.4. The Balaban J connectivity index is 1.39. The summed E-state index contributed by atoms with van der Waals surface area (Å²) in [5.41, 5.74) is 1.16. The lowest BCUT2D eigenvalue weighted by atomic mass is 9.90. The van der Waals surface area contributed by atoms with Crippen molar-refractivity contribution in [2.75, 3.05) is 13.7 Å². The molecule has 0 bridgehead atoms. The summed E-state index contributed by atoms with van der Waals surface area (Å²) in [5, 5.41) is 10.4. The molecule has 5 nitrogen and oxygen atoms in total. The van der Waals surface area contributed by atoms with Crippen molar-refractivity contribution in [3.63, 3.8) is 0 Å². The Bertz CT molecular complexity index is 561. The maximum atomic E-state index is 11.2. The van der Waals surface area contributed by atoms with Gasteiger partial charge in [-0.3, -0.25) is 4.79 Å². The molecule has 0 spiro atoms. The summed E-state index contributed by atoms with van der Waals surface area (Å²) in [6.07, 6.45) is 5.02. The molecule has 5 atom stereocenters.